The van der Waals surface area contributed by atoms with E-state index in [1.807, 2.05) is 6.07 Å². The van der Waals surface area contributed by atoms with E-state index in [1.165, 1.54) is 6.07 Å². The van der Waals surface area contributed by atoms with Gasteiger partial charge in [0.2, 0.25) is 0 Å². The van der Waals surface area contributed by atoms with Crippen molar-refractivity contribution in [1.29, 1.82) is 5.26 Å². The van der Waals surface area contributed by atoms with Crippen LogP contribution >= 0.6 is 11.6 Å². The van der Waals surface area contributed by atoms with Crippen molar-refractivity contribution in [3.63, 3.8) is 0 Å². The van der Waals surface area contributed by atoms with Gasteiger partial charge >= 0.3 is 0 Å². The Bertz CT molecular complexity index is 522. The molecule has 1 saturated heterocycles. The predicted molar refractivity (Wildman–Crippen MR) is 73.6 cm³/mol. The average Bonchev–Trinajstić information content (AvgIpc) is 2.96. The topological polar surface area (TPSA) is 71.3 Å². The molecule has 6 heteroatoms. The first-order valence-electron chi connectivity index (χ1n) is 6.40. The Kier molecular flexibility index (Phi) is 5.22. The summed E-state index contributed by atoms with van der Waals surface area (Å²) in [6.45, 7) is 1.19. The molecule has 1 N–H and O–H groups in total. The molecular weight excluding hydrogens is 280 g/mol. The highest BCUT2D eigenvalue weighted by molar-refractivity contribution is 6.31. The maximum Gasteiger partial charge on any atom is 0.258 e. The number of carbonyl (C=O) groups is 1. The van der Waals surface area contributed by atoms with E-state index in [-0.39, 0.29) is 18.6 Å². The van der Waals surface area contributed by atoms with Gasteiger partial charge in [-0.1, -0.05) is 11.6 Å². The van der Waals surface area contributed by atoms with E-state index < -0.39 is 0 Å². The van der Waals surface area contributed by atoms with Gasteiger partial charge in [0.1, 0.15) is 11.8 Å². The van der Waals surface area contributed by atoms with E-state index in [1.54, 1.807) is 12.1 Å². The zero-order valence-corrected chi connectivity index (χ0v) is 11.7. The van der Waals surface area contributed by atoms with E-state index in [4.69, 9.17) is 26.3 Å². The summed E-state index contributed by atoms with van der Waals surface area (Å²) in [5.74, 6) is 0.252. The van der Waals surface area contributed by atoms with Crippen LogP contribution in [-0.4, -0.2) is 31.8 Å². The molecule has 1 aliphatic heterocycles. The van der Waals surface area contributed by atoms with E-state index >= 15 is 0 Å². The van der Waals surface area contributed by atoms with Gasteiger partial charge in [0.25, 0.3) is 5.91 Å². The van der Waals surface area contributed by atoms with Crippen LogP contribution in [0.4, 0.5) is 0 Å². The third-order valence-corrected chi connectivity index (χ3v) is 3.29. The Labute approximate surface area is 122 Å². The molecule has 1 amide bonds. The van der Waals surface area contributed by atoms with E-state index in [0.29, 0.717) is 22.9 Å². The molecule has 0 aliphatic carbocycles. The molecular formula is C14H15ClN2O3. The molecule has 0 spiro atoms. The Hall–Kier alpha value is -1.77. The second-order valence-corrected chi connectivity index (χ2v) is 4.89. The predicted octanol–water partition coefficient (Wildman–Crippen LogP) is 1.89. The van der Waals surface area contributed by atoms with Gasteiger partial charge in [0.05, 0.1) is 16.7 Å². The highest BCUT2D eigenvalue weighted by Gasteiger charge is 2.16. The molecule has 20 heavy (non-hydrogen) atoms. The van der Waals surface area contributed by atoms with Crippen molar-refractivity contribution in [2.24, 2.45) is 0 Å². The molecule has 1 aromatic rings. The number of halogens is 1. The lowest BCUT2D eigenvalue weighted by Gasteiger charge is -2.11. The fraction of sp³-hybridized carbons (Fsp3) is 0.429. The highest BCUT2D eigenvalue weighted by Crippen LogP contribution is 2.21. The number of carbonyl (C=O) groups excluding carboxylic acids is 1. The number of hydrogen-bond acceptors (Lipinski definition) is 4. The van der Waals surface area contributed by atoms with Crippen LogP contribution in [0.3, 0.4) is 0 Å². The summed E-state index contributed by atoms with van der Waals surface area (Å²) >= 11 is 5.87. The first-order chi connectivity index (χ1) is 9.69. The van der Waals surface area contributed by atoms with Crippen LogP contribution < -0.4 is 10.1 Å². The van der Waals surface area contributed by atoms with Gasteiger partial charge in [0.15, 0.2) is 6.61 Å². The van der Waals surface area contributed by atoms with Gasteiger partial charge < -0.3 is 14.8 Å². The lowest BCUT2D eigenvalue weighted by Crippen LogP contribution is -2.35. The van der Waals surface area contributed by atoms with Crippen LogP contribution in [0.15, 0.2) is 18.2 Å². The maximum atomic E-state index is 11.6. The summed E-state index contributed by atoms with van der Waals surface area (Å²) in [7, 11) is 0. The summed E-state index contributed by atoms with van der Waals surface area (Å²) < 4.78 is 10.7. The molecule has 0 aromatic heterocycles. The van der Waals surface area contributed by atoms with Gasteiger partial charge in [-0.05, 0) is 25.0 Å². The molecule has 1 atom stereocenters. The third-order valence-electron chi connectivity index (χ3n) is 2.98. The molecule has 106 valence electrons. The van der Waals surface area contributed by atoms with Crippen LogP contribution in [0.2, 0.25) is 5.02 Å². The Balaban J connectivity index is 1.75. The molecule has 2 rings (SSSR count). The number of nitrogens with zero attached hydrogens (tertiary/aromatic N) is 1. The molecule has 0 unspecified atom stereocenters. The van der Waals surface area contributed by atoms with Crippen molar-refractivity contribution in [2.45, 2.75) is 18.9 Å². The van der Waals surface area contributed by atoms with Crippen molar-refractivity contribution >= 4 is 17.5 Å². The number of ether oxygens (including phenoxy) is 2. The average molecular weight is 295 g/mol. The van der Waals surface area contributed by atoms with Gasteiger partial charge in [-0.25, -0.2) is 0 Å². The second kappa shape index (κ2) is 7.13. The zero-order chi connectivity index (χ0) is 14.4. The fourth-order valence-electron chi connectivity index (χ4n) is 1.91. The van der Waals surface area contributed by atoms with Crippen molar-refractivity contribution in [3.05, 3.63) is 28.8 Å². The zero-order valence-electron chi connectivity index (χ0n) is 10.9. The summed E-state index contributed by atoms with van der Waals surface area (Å²) in [4.78, 5) is 11.6. The van der Waals surface area contributed by atoms with E-state index in [2.05, 4.69) is 5.32 Å². The molecule has 1 aromatic carbocycles. The summed E-state index contributed by atoms with van der Waals surface area (Å²) in [6, 6.07) is 6.65. The SMILES string of the molecule is N#Cc1ccc(OCC(=O)NC[C@@H]2CCCO2)cc1Cl. The Morgan fingerprint density at radius 1 is 1.60 bits per heavy atom. The first-order valence-corrected chi connectivity index (χ1v) is 6.77. The number of benzene rings is 1. The monoisotopic (exact) mass is 294 g/mol. The molecule has 1 fully saturated rings. The van der Waals surface area contributed by atoms with Crippen molar-refractivity contribution in [3.8, 4) is 11.8 Å². The smallest absolute Gasteiger partial charge is 0.258 e. The van der Waals surface area contributed by atoms with Crippen LogP contribution in [0, 0.1) is 11.3 Å². The van der Waals surface area contributed by atoms with E-state index in [0.717, 1.165) is 19.4 Å². The minimum atomic E-state index is -0.207. The third kappa shape index (κ3) is 4.12. The molecule has 0 saturated carbocycles. The maximum absolute atomic E-state index is 11.6. The molecule has 5 nitrogen and oxygen atoms in total. The van der Waals surface area contributed by atoms with Gasteiger partial charge in [-0.3, -0.25) is 4.79 Å². The lowest BCUT2D eigenvalue weighted by atomic mass is 10.2. The summed E-state index contributed by atoms with van der Waals surface area (Å²) in [5, 5.41) is 11.8. The summed E-state index contributed by atoms with van der Waals surface area (Å²) in [5.41, 5.74) is 0.377. The number of hydrogen-bond donors (Lipinski definition) is 1. The molecule has 1 aliphatic rings. The van der Waals surface area contributed by atoms with Crippen molar-refractivity contribution in [1.82, 2.24) is 5.32 Å². The fourth-order valence-corrected chi connectivity index (χ4v) is 2.12. The number of rotatable bonds is 5. The van der Waals surface area contributed by atoms with Crippen molar-refractivity contribution in [2.75, 3.05) is 19.8 Å². The molecule has 1 heterocycles. The minimum absolute atomic E-state index is 0.0883. The Morgan fingerprint density at radius 2 is 2.45 bits per heavy atom. The highest BCUT2D eigenvalue weighted by atomic mass is 35.5. The number of nitrogens with one attached hydrogen (secondary N) is 1. The Morgan fingerprint density at radius 3 is 3.10 bits per heavy atom. The van der Waals surface area contributed by atoms with Gasteiger partial charge in [-0.15, -0.1) is 0 Å². The molecule has 0 bridgehead atoms. The second-order valence-electron chi connectivity index (χ2n) is 4.48. The van der Waals surface area contributed by atoms with Crippen LogP contribution in [-0.2, 0) is 9.53 Å². The van der Waals surface area contributed by atoms with Crippen LogP contribution in [0.5, 0.6) is 5.75 Å². The van der Waals surface area contributed by atoms with E-state index in [9.17, 15) is 4.79 Å². The number of nitriles is 1. The van der Waals surface area contributed by atoms with Gasteiger partial charge in [-0.2, -0.15) is 5.26 Å². The largest absolute Gasteiger partial charge is 0.484 e. The van der Waals surface area contributed by atoms with Crippen LogP contribution in [0.25, 0.3) is 0 Å². The van der Waals surface area contributed by atoms with Crippen molar-refractivity contribution < 1.29 is 14.3 Å². The lowest BCUT2D eigenvalue weighted by molar-refractivity contribution is -0.123. The minimum Gasteiger partial charge on any atom is -0.484 e. The summed E-state index contributed by atoms with van der Waals surface area (Å²) in [6.07, 6.45) is 2.14. The van der Waals surface area contributed by atoms with Crippen LogP contribution in [0.1, 0.15) is 18.4 Å². The molecule has 0 radical (unpaired) electrons. The van der Waals surface area contributed by atoms with Gasteiger partial charge in [0, 0.05) is 19.2 Å². The normalized spacial score (nSPS) is 17.5. The standard InChI is InChI=1S/C14H15ClN2O3/c15-13-6-11(4-3-10(13)7-16)20-9-14(18)17-8-12-2-1-5-19-12/h3-4,6,12H,1-2,5,8-9H2,(H,17,18)/t12-/m0/s1. The first kappa shape index (κ1) is 14.6. The quantitative estimate of drug-likeness (QED) is 0.900. The number of amides is 1.